The van der Waals surface area contributed by atoms with Gasteiger partial charge in [-0.05, 0) is 0 Å². The average Bonchev–Trinajstić information content (AvgIpc) is 1.31. The van der Waals surface area contributed by atoms with E-state index in [0.29, 0.717) is 0 Å². The number of aliphatic hydroxyl groups is 4. The van der Waals surface area contributed by atoms with E-state index in [0.717, 1.165) is 6.92 Å². The van der Waals surface area contributed by atoms with Gasteiger partial charge in [-0.15, -0.1) is 6.10 Å². The Hall–Kier alpha value is 1.48. The molecule has 0 saturated carbocycles. The van der Waals surface area contributed by atoms with Crippen LogP contribution < -0.4 is 51.4 Å². The van der Waals surface area contributed by atoms with Gasteiger partial charge in [0.05, 0.1) is 0 Å². The summed E-state index contributed by atoms with van der Waals surface area (Å²) < 4.78 is 0. The Morgan fingerprint density at radius 2 is 1.38 bits per heavy atom. The summed E-state index contributed by atoms with van der Waals surface area (Å²) in [4.78, 5) is 0. The van der Waals surface area contributed by atoms with Gasteiger partial charge < -0.3 is 20.4 Å². The molecular formula is C3H7KO4. The topological polar surface area (TPSA) is 80.9 Å². The standard InChI is InChI=1S/C3H7O4.K/c1-2(4)3(5,6)7;/h4-7H,1H3;/q-1;+1. The molecule has 0 fully saturated rings. The predicted molar refractivity (Wildman–Crippen MR) is 20.2 cm³/mol. The number of hydrogen-bond donors (Lipinski definition) is 4. The molecule has 0 atom stereocenters. The van der Waals surface area contributed by atoms with Crippen molar-refractivity contribution in [1.82, 2.24) is 0 Å². The van der Waals surface area contributed by atoms with Crippen LogP contribution in [0.25, 0.3) is 0 Å². The molecule has 0 rings (SSSR count). The van der Waals surface area contributed by atoms with Gasteiger partial charge in [-0.1, -0.05) is 0 Å². The molecule has 5 heteroatoms. The first-order valence-electron chi connectivity index (χ1n) is 1.64. The van der Waals surface area contributed by atoms with Gasteiger partial charge in [-0.2, -0.15) is 6.92 Å². The molecule has 4 N–H and O–H groups in total. The molecule has 0 aromatic rings. The minimum Gasteiger partial charge on any atom is -0.556 e. The summed E-state index contributed by atoms with van der Waals surface area (Å²) in [7, 11) is 0. The molecule has 0 aromatic heterocycles. The molecule has 0 saturated heterocycles. The monoisotopic (exact) mass is 146 g/mol. The minimum atomic E-state index is -3.03. The SMILES string of the molecule is C[C-](O)C(O)(O)O.[K+]. The van der Waals surface area contributed by atoms with Crippen LogP contribution in [0.4, 0.5) is 0 Å². The van der Waals surface area contributed by atoms with E-state index in [1.54, 1.807) is 0 Å². The molecule has 44 valence electrons. The van der Waals surface area contributed by atoms with Crippen LogP contribution in [0.2, 0.25) is 0 Å². The molecule has 0 radical (unpaired) electrons. The summed E-state index contributed by atoms with van der Waals surface area (Å²) in [6.07, 6.45) is -0.840. The van der Waals surface area contributed by atoms with Crippen LogP contribution >= 0.6 is 0 Å². The van der Waals surface area contributed by atoms with E-state index < -0.39 is 12.1 Å². The van der Waals surface area contributed by atoms with Crippen LogP contribution in [-0.2, 0) is 0 Å². The minimum absolute atomic E-state index is 0. The van der Waals surface area contributed by atoms with Crippen LogP contribution in [-0.4, -0.2) is 26.4 Å². The molecule has 0 aliphatic carbocycles. The summed E-state index contributed by atoms with van der Waals surface area (Å²) in [5.74, 6) is -3.03. The van der Waals surface area contributed by atoms with Gasteiger partial charge in [-0.25, -0.2) is 0 Å². The maximum atomic E-state index is 8.06. The molecule has 0 heterocycles. The molecule has 4 nitrogen and oxygen atoms in total. The fraction of sp³-hybridized carbons (Fsp3) is 0.667. The van der Waals surface area contributed by atoms with Crippen molar-refractivity contribution in [3.05, 3.63) is 6.10 Å². The third-order valence-corrected chi connectivity index (χ3v) is 0.485. The normalized spacial score (nSPS) is 11.2. The van der Waals surface area contributed by atoms with Crippen molar-refractivity contribution in [1.29, 1.82) is 0 Å². The third-order valence-electron chi connectivity index (χ3n) is 0.485. The first-order chi connectivity index (χ1) is 2.94. The van der Waals surface area contributed by atoms with Crippen LogP contribution in [0, 0.1) is 6.10 Å². The van der Waals surface area contributed by atoms with E-state index >= 15 is 0 Å². The second-order valence-corrected chi connectivity index (χ2v) is 1.22. The maximum absolute atomic E-state index is 8.06. The van der Waals surface area contributed by atoms with Crippen molar-refractivity contribution in [3.8, 4) is 0 Å². The van der Waals surface area contributed by atoms with Gasteiger partial charge in [0.1, 0.15) is 0 Å². The van der Waals surface area contributed by atoms with E-state index in [1.807, 2.05) is 0 Å². The summed E-state index contributed by atoms with van der Waals surface area (Å²) >= 11 is 0. The first-order valence-corrected chi connectivity index (χ1v) is 1.64. The summed E-state index contributed by atoms with van der Waals surface area (Å²) in [5, 5.41) is 31.8. The van der Waals surface area contributed by atoms with E-state index in [1.165, 1.54) is 0 Å². The van der Waals surface area contributed by atoms with Gasteiger partial charge in [0.15, 0.2) is 5.97 Å². The van der Waals surface area contributed by atoms with Crippen molar-refractivity contribution in [2.45, 2.75) is 12.9 Å². The largest absolute Gasteiger partial charge is 1.00 e. The molecule has 0 bridgehead atoms. The van der Waals surface area contributed by atoms with Crippen LogP contribution in [0.5, 0.6) is 0 Å². The number of rotatable bonds is 1. The average molecular weight is 146 g/mol. The second kappa shape index (κ2) is 4.32. The summed E-state index contributed by atoms with van der Waals surface area (Å²) in [6.45, 7) is 0.972. The Morgan fingerprint density at radius 3 is 1.38 bits per heavy atom. The maximum Gasteiger partial charge on any atom is 1.00 e. The first kappa shape index (κ1) is 12.2. The van der Waals surface area contributed by atoms with Crippen molar-refractivity contribution >= 4 is 0 Å². The fourth-order valence-corrected chi connectivity index (χ4v) is 0. The van der Waals surface area contributed by atoms with Crippen molar-refractivity contribution < 1.29 is 71.8 Å². The zero-order valence-corrected chi connectivity index (χ0v) is 7.91. The summed E-state index contributed by atoms with van der Waals surface area (Å²) in [5.41, 5.74) is 0. The molecule has 0 aromatic carbocycles. The van der Waals surface area contributed by atoms with Gasteiger partial charge >= 0.3 is 51.4 Å². The van der Waals surface area contributed by atoms with Crippen LogP contribution in [0.3, 0.4) is 0 Å². The smallest absolute Gasteiger partial charge is 0.556 e. The number of aliphatic hydroxyl groups excluding tert-OH is 1. The van der Waals surface area contributed by atoms with Crippen molar-refractivity contribution in [2.75, 3.05) is 0 Å². The molecule has 8 heavy (non-hydrogen) atoms. The molecule has 0 amide bonds. The zero-order valence-electron chi connectivity index (χ0n) is 4.79. The Balaban J connectivity index is 0. The fourth-order valence-electron chi connectivity index (χ4n) is 0. The van der Waals surface area contributed by atoms with Gasteiger partial charge in [0.25, 0.3) is 0 Å². The Bertz CT molecular complexity index is 56.8. The van der Waals surface area contributed by atoms with Gasteiger partial charge in [-0.3, -0.25) is 0 Å². The second-order valence-electron chi connectivity index (χ2n) is 1.22. The van der Waals surface area contributed by atoms with E-state index in [9.17, 15) is 0 Å². The van der Waals surface area contributed by atoms with E-state index in [4.69, 9.17) is 20.4 Å². The Labute approximate surface area is 89.6 Å². The molecule has 0 unspecified atom stereocenters. The predicted octanol–water partition coefficient (Wildman–Crippen LogP) is -4.45. The Kier molecular flexibility index (Phi) is 6.57. The third kappa shape index (κ3) is 5.61. The van der Waals surface area contributed by atoms with Gasteiger partial charge in [0, 0.05) is 0 Å². The van der Waals surface area contributed by atoms with Gasteiger partial charge in [0.2, 0.25) is 0 Å². The van der Waals surface area contributed by atoms with Crippen molar-refractivity contribution in [2.24, 2.45) is 0 Å². The van der Waals surface area contributed by atoms with E-state index in [2.05, 4.69) is 0 Å². The van der Waals surface area contributed by atoms with Crippen LogP contribution in [0.1, 0.15) is 6.92 Å². The summed E-state index contributed by atoms with van der Waals surface area (Å²) in [6, 6.07) is 0. The molecule has 0 aliphatic heterocycles. The van der Waals surface area contributed by atoms with Crippen molar-refractivity contribution in [3.63, 3.8) is 0 Å². The molecule has 0 spiro atoms. The van der Waals surface area contributed by atoms with Crippen LogP contribution in [0.15, 0.2) is 0 Å². The molecule has 0 aliphatic rings. The Morgan fingerprint density at radius 1 is 1.25 bits per heavy atom. The number of hydrogen-bond acceptors (Lipinski definition) is 4. The molecular weight excluding hydrogens is 139 g/mol. The van der Waals surface area contributed by atoms with E-state index in [-0.39, 0.29) is 51.4 Å². The quantitative estimate of drug-likeness (QED) is 0.171. The zero-order chi connectivity index (χ0) is 6.08.